The van der Waals surface area contributed by atoms with Gasteiger partial charge in [0.05, 0.1) is 5.92 Å². The molecular formula is C7H15N3O2. The lowest BCUT2D eigenvalue weighted by Gasteiger charge is -2.14. The maximum Gasteiger partial charge on any atom is 0.307 e. The van der Waals surface area contributed by atoms with Crippen molar-refractivity contribution in [1.29, 1.82) is 0 Å². The van der Waals surface area contributed by atoms with E-state index in [2.05, 4.69) is 5.10 Å². The third kappa shape index (κ3) is 3.23. The predicted octanol–water partition coefficient (Wildman–Crippen LogP) is -0.0358. The molecule has 0 radical (unpaired) electrons. The fourth-order valence-corrected chi connectivity index (χ4v) is 0.886. The second-order valence-electron chi connectivity index (χ2n) is 3.01. The average molecular weight is 173 g/mol. The minimum Gasteiger partial charge on any atom is -0.481 e. The number of hydrogen-bond donors (Lipinski definition) is 3. The van der Waals surface area contributed by atoms with Gasteiger partial charge >= 0.3 is 5.97 Å². The van der Waals surface area contributed by atoms with E-state index < -0.39 is 11.9 Å². The Balaban J connectivity index is 4.24. The van der Waals surface area contributed by atoms with Gasteiger partial charge in [0.2, 0.25) is 0 Å². The summed E-state index contributed by atoms with van der Waals surface area (Å²) in [5.74, 6) is 3.73. The molecule has 0 spiro atoms. The van der Waals surface area contributed by atoms with Crippen molar-refractivity contribution in [2.75, 3.05) is 0 Å². The van der Waals surface area contributed by atoms with Crippen LogP contribution in [0.3, 0.4) is 0 Å². The first-order valence-electron chi connectivity index (χ1n) is 3.74. The van der Waals surface area contributed by atoms with E-state index in [9.17, 15) is 4.79 Å². The second-order valence-corrected chi connectivity index (χ2v) is 3.01. The molecule has 1 atom stereocenters. The highest BCUT2D eigenvalue weighted by atomic mass is 16.4. The third-order valence-electron chi connectivity index (χ3n) is 1.72. The molecule has 1 unspecified atom stereocenters. The molecule has 5 nitrogen and oxygen atoms in total. The molecule has 0 aromatic rings. The first kappa shape index (κ1) is 10.7. The van der Waals surface area contributed by atoms with E-state index in [1.165, 1.54) is 0 Å². The number of carboxylic acid groups (broad SMARTS) is 1. The number of hydrogen-bond acceptors (Lipinski definition) is 3. The van der Waals surface area contributed by atoms with Crippen molar-refractivity contribution in [1.82, 2.24) is 0 Å². The lowest BCUT2D eigenvalue weighted by molar-refractivity contribution is -0.142. The molecule has 5 heteroatoms. The molecule has 0 heterocycles. The summed E-state index contributed by atoms with van der Waals surface area (Å²) in [6, 6.07) is 0. The van der Waals surface area contributed by atoms with Gasteiger partial charge < -0.3 is 16.7 Å². The van der Waals surface area contributed by atoms with E-state index in [0.717, 1.165) is 0 Å². The molecule has 0 aliphatic rings. The highest BCUT2D eigenvalue weighted by molar-refractivity contribution is 5.84. The molecule has 0 aliphatic heterocycles. The SMILES string of the molecule is CC(C)C(C/C(N)=N/N)C(=O)O. The van der Waals surface area contributed by atoms with Crippen LogP contribution in [-0.4, -0.2) is 16.9 Å². The summed E-state index contributed by atoms with van der Waals surface area (Å²) >= 11 is 0. The van der Waals surface area contributed by atoms with Crippen LogP contribution in [0, 0.1) is 11.8 Å². The third-order valence-corrected chi connectivity index (χ3v) is 1.72. The highest BCUT2D eigenvalue weighted by Gasteiger charge is 2.22. The van der Waals surface area contributed by atoms with Crippen LogP contribution in [0.5, 0.6) is 0 Å². The summed E-state index contributed by atoms with van der Waals surface area (Å²) in [6.07, 6.45) is 0.212. The Morgan fingerprint density at radius 1 is 1.58 bits per heavy atom. The Morgan fingerprint density at radius 3 is 2.33 bits per heavy atom. The number of carboxylic acids is 1. The second kappa shape index (κ2) is 4.58. The highest BCUT2D eigenvalue weighted by Crippen LogP contribution is 2.14. The van der Waals surface area contributed by atoms with Crippen molar-refractivity contribution in [3.63, 3.8) is 0 Å². The zero-order valence-corrected chi connectivity index (χ0v) is 7.32. The summed E-state index contributed by atoms with van der Waals surface area (Å²) < 4.78 is 0. The Labute approximate surface area is 71.4 Å². The molecule has 0 saturated carbocycles. The standard InChI is InChI=1S/C7H15N3O2/c1-4(2)5(7(11)12)3-6(8)10-9/h4-5H,3,9H2,1-2H3,(H2,8,10)(H,11,12). The minimum atomic E-state index is -0.864. The lowest BCUT2D eigenvalue weighted by Crippen LogP contribution is -2.27. The van der Waals surface area contributed by atoms with Crippen LogP contribution in [0.4, 0.5) is 0 Å². The zero-order chi connectivity index (χ0) is 9.72. The molecule has 0 aromatic carbocycles. The van der Waals surface area contributed by atoms with Gasteiger partial charge in [-0.15, -0.1) is 0 Å². The molecule has 0 saturated heterocycles. The molecule has 0 amide bonds. The van der Waals surface area contributed by atoms with Gasteiger partial charge in [0.1, 0.15) is 5.84 Å². The van der Waals surface area contributed by atoms with Gasteiger partial charge in [0.25, 0.3) is 0 Å². The molecule has 0 fully saturated rings. The number of nitrogens with zero attached hydrogens (tertiary/aromatic N) is 1. The van der Waals surface area contributed by atoms with Crippen LogP contribution in [-0.2, 0) is 4.79 Å². The maximum absolute atomic E-state index is 10.6. The average Bonchev–Trinajstić information content (AvgIpc) is 1.98. The van der Waals surface area contributed by atoms with E-state index in [-0.39, 0.29) is 18.2 Å². The van der Waals surface area contributed by atoms with Gasteiger partial charge in [-0.2, -0.15) is 5.10 Å². The van der Waals surface area contributed by atoms with Crippen LogP contribution < -0.4 is 11.6 Å². The van der Waals surface area contributed by atoms with Crippen LogP contribution in [0.2, 0.25) is 0 Å². The topological polar surface area (TPSA) is 102 Å². The van der Waals surface area contributed by atoms with Crippen molar-refractivity contribution >= 4 is 11.8 Å². The fourth-order valence-electron chi connectivity index (χ4n) is 0.886. The Bertz CT molecular complexity index is 189. The van der Waals surface area contributed by atoms with E-state index in [0.29, 0.717) is 0 Å². The number of rotatable bonds is 4. The van der Waals surface area contributed by atoms with E-state index >= 15 is 0 Å². The van der Waals surface area contributed by atoms with Gasteiger partial charge in [0.15, 0.2) is 0 Å². The monoisotopic (exact) mass is 173 g/mol. The van der Waals surface area contributed by atoms with Gasteiger partial charge in [0, 0.05) is 6.42 Å². The molecule has 5 N–H and O–H groups in total. The van der Waals surface area contributed by atoms with Gasteiger partial charge in [-0.25, -0.2) is 0 Å². The summed E-state index contributed by atoms with van der Waals surface area (Å²) in [5, 5.41) is 12.0. The van der Waals surface area contributed by atoms with Crippen LogP contribution in [0.1, 0.15) is 20.3 Å². The van der Waals surface area contributed by atoms with Crippen LogP contribution >= 0.6 is 0 Å². The molecule has 0 rings (SSSR count). The predicted molar refractivity (Wildman–Crippen MR) is 46.4 cm³/mol. The Kier molecular flexibility index (Phi) is 4.10. The number of hydrazone groups is 1. The van der Waals surface area contributed by atoms with Gasteiger partial charge in [-0.05, 0) is 5.92 Å². The first-order valence-corrected chi connectivity index (χ1v) is 3.74. The molecule has 0 bridgehead atoms. The quantitative estimate of drug-likeness (QED) is 0.240. The van der Waals surface area contributed by atoms with Crippen LogP contribution in [0.15, 0.2) is 5.10 Å². The summed E-state index contributed by atoms with van der Waals surface area (Å²) in [4.78, 5) is 10.6. The van der Waals surface area contributed by atoms with E-state index in [1.54, 1.807) is 0 Å². The number of aliphatic carboxylic acids is 1. The summed E-state index contributed by atoms with van der Waals surface area (Å²) in [7, 11) is 0. The molecule has 0 aromatic heterocycles. The summed E-state index contributed by atoms with van der Waals surface area (Å²) in [5.41, 5.74) is 5.31. The number of nitrogens with two attached hydrogens (primary N) is 2. The lowest BCUT2D eigenvalue weighted by atomic mass is 9.92. The van der Waals surface area contributed by atoms with Crippen LogP contribution in [0.25, 0.3) is 0 Å². The molecule has 12 heavy (non-hydrogen) atoms. The zero-order valence-electron chi connectivity index (χ0n) is 7.32. The fraction of sp³-hybridized carbons (Fsp3) is 0.714. The van der Waals surface area contributed by atoms with E-state index in [4.69, 9.17) is 16.7 Å². The van der Waals surface area contributed by atoms with E-state index in [1.807, 2.05) is 13.8 Å². The molecule has 0 aliphatic carbocycles. The normalized spacial score (nSPS) is 14.8. The van der Waals surface area contributed by atoms with Crippen molar-refractivity contribution < 1.29 is 9.90 Å². The van der Waals surface area contributed by atoms with Crippen molar-refractivity contribution in [3.8, 4) is 0 Å². The number of amidine groups is 1. The first-order chi connectivity index (χ1) is 5.49. The largest absolute Gasteiger partial charge is 0.481 e. The van der Waals surface area contributed by atoms with Gasteiger partial charge in [-0.1, -0.05) is 13.8 Å². The Hall–Kier alpha value is -1.26. The Morgan fingerprint density at radius 2 is 2.08 bits per heavy atom. The van der Waals surface area contributed by atoms with Crippen molar-refractivity contribution in [2.24, 2.45) is 28.5 Å². The van der Waals surface area contributed by atoms with Crippen molar-refractivity contribution in [3.05, 3.63) is 0 Å². The van der Waals surface area contributed by atoms with Gasteiger partial charge in [-0.3, -0.25) is 4.79 Å². The molecular weight excluding hydrogens is 158 g/mol. The maximum atomic E-state index is 10.6. The number of carbonyl (C=O) groups is 1. The minimum absolute atomic E-state index is 0.0304. The molecule has 70 valence electrons. The summed E-state index contributed by atoms with van der Waals surface area (Å²) in [6.45, 7) is 3.64. The van der Waals surface area contributed by atoms with Crippen molar-refractivity contribution in [2.45, 2.75) is 20.3 Å². The smallest absolute Gasteiger partial charge is 0.307 e.